The number of nitrogens with one attached hydrogen (secondary N) is 3. The lowest BCUT2D eigenvalue weighted by molar-refractivity contribution is 0.580. The van der Waals surface area contributed by atoms with Gasteiger partial charge in [0.25, 0.3) is 0 Å². The van der Waals surface area contributed by atoms with Gasteiger partial charge < -0.3 is 15.5 Å². The summed E-state index contributed by atoms with van der Waals surface area (Å²) in [5.41, 5.74) is 0. The zero-order valence-electron chi connectivity index (χ0n) is 15.9. The van der Waals surface area contributed by atoms with Gasteiger partial charge in [-0.25, -0.2) is 18.1 Å². The molecule has 3 N–H and O–H groups in total. The molecule has 2 rings (SSSR count). The van der Waals surface area contributed by atoms with E-state index in [1.165, 1.54) is 0 Å². The Balaban J connectivity index is 1.82. The molecule has 0 aromatic carbocycles. The predicted octanol–water partition coefficient (Wildman–Crippen LogP) is 1.20. The lowest BCUT2D eigenvalue weighted by Gasteiger charge is -2.20. The zero-order chi connectivity index (χ0) is 19.7. The lowest BCUT2D eigenvalue weighted by Crippen LogP contribution is -2.44. The van der Waals surface area contributed by atoms with Gasteiger partial charge in [0.05, 0.1) is 10.8 Å². The van der Waals surface area contributed by atoms with Crippen molar-refractivity contribution >= 4 is 33.4 Å². The number of nitrogens with zero attached hydrogens (tertiary/aromatic N) is 3. The summed E-state index contributed by atoms with van der Waals surface area (Å²) in [4.78, 5) is 11.1. The fourth-order valence-electron chi connectivity index (χ4n) is 2.79. The summed E-state index contributed by atoms with van der Waals surface area (Å²) in [6.45, 7) is 7.03. The summed E-state index contributed by atoms with van der Waals surface area (Å²) < 4.78 is 25.4. The number of halogens is 1. The van der Waals surface area contributed by atoms with Gasteiger partial charge in [0, 0.05) is 45.0 Å². The molecule has 0 saturated carbocycles. The maximum atomic E-state index is 11.4. The van der Waals surface area contributed by atoms with Gasteiger partial charge in [-0.15, -0.1) is 0 Å². The molecule has 1 unspecified atom stereocenters. The molecule has 1 aromatic rings. The number of pyridine rings is 1. The minimum absolute atomic E-state index is 0.0962. The first-order valence-corrected chi connectivity index (χ1v) is 11.4. The maximum Gasteiger partial charge on any atom is 0.211 e. The van der Waals surface area contributed by atoms with Crippen LogP contribution in [-0.2, 0) is 10.0 Å². The summed E-state index contributed by atoms with van der Waals surface area (Å²) in [5, 5.41) is 7.34. The molecule has 0 spiro atoms. The smallest absolute Gasteiger partial charge is 0.211 e. The highest BCUT2D eigenvalue weighted by atomic mass is 35.5. The first-order valence-electron chi connectivity index (χ1n) is 9.32. The van der Waals surface area contributed by atoms with E-state index < -0.39 is 10.0 Å². The van der Waals surface area contributed by atoms with E-state index in [0.29, 0.717) is 24.5 Å². The molecule has 27 heavy (non-hydrogen) atoms. The minimum atomic E-state index is -3.14. The Kier molecular flexibility index (Phi) is 8.59. The lowest BCUT2D eigenvalue weighted by atomic mass is 10.3. The minimum Gasteiger partial charge on any atom is -0.357 e. The third-order valence-corrected chi connectivity index (χ3v) is 5.92. The Morgan fingerprint density at radius 3 is 2.96 bits per heavy atom. The molecule has 0 amide bonds. The molecule has 2 heterocycles. The second-order valence-electron chi connectivity index (χ2n) is 6.30. The van der Waals surface area contributed by atoms with Gasteiger partial charge in [-0.1, -0.05) is 11.6 Å². The van der Waals surface area contributed by atoms with Crippen molar-refractivity contribution < 1.29 is 8.42 Å². The number of sulfonamides is 1. The highest BCUT2D eigenvalue weighted by Crippen LogP contribution is 2.25. The van der Waals surface area contributed by atoms with Gasteiger partial charge in [0.2, 0.25) is 10.0 Å². The largest absolute Gasteiger partial charge is 0.357 e. The van der Waals surface area contributed by atoms with Crippen molar-refractivity contribution in [1.29, 1.82) is 0 Å². The molecule has 1 atom stereocenters. The molecular weight excluding hydrogens is 388 g/mol. The van der Waals surface area contributed by atoms with E-state index in [4.69, 9.17) is 11.6 Å². The molecule has 0 aliphatic carbocycles. The van der Waals surface area contributed by atoms with Crippen LogP contribution in [0.4, 0.5) is 5.82 Å². The van der Waals surface area contributed by atoms with Crippen LogP contribution in [0.5, 0.6) is 0 Å². The summed E-state index contributed by atoms with van der Waals surface area (Å²) in [6, 6.07) is 3.93. The van der Waals surface area contributed by atoms with E-state index in [-0.39, 0.29) is 11.8 Å². The molecule has 1 fully saturated rings. The summed E-state index contributed by atoms with van der Waals surface area (Å²) in [7, 11) is -3.14. The van der Waals surface area contributed by atoms with Crippen molar-refractivity contribution in [2.75, 3.05) is 43.4 Å². The van der Waals surface area contributed by atoms with E-state index in [9.17, 15) is 8.42 Å². The molecule has 10 heteroatoms. The topological polar surface area (TPSA) is 98.7 Å². The predicted molar refractivity (Wildman–Crippen MR) is 111 cm³/mol. The van der Waals surface area contributed by atoms with Crippen LogP contribution in [-0.4, -0.2) is 63.9 Å². The van der Waals surface area contributed by atoms with E-state index in [1.807, 2.05) is 19.1 Å². The molecule has 8 nitrogen and oxygen atoms in total. The summed E-state index contributed by atoms with van der Waals surface area (Å²) in [6.07, 6.45) is 3.37. The molecule has 1 aliphatic rings. The molecule has 0 bridgehead atoms. The maximum absolute atomic E-state index is 11.4. The van der Waals surface area contributed by atoms with Crippen molar-refractivity contribution in [3.8, 4) is 0 Å². The average molecular weight is 417 g/mol. The third-order valence-electron chi connectivity index (χ3n) is 4.22. The highest BCUT2D eigenvalue weighted by molar-refractivity contribution is 7.89. The second kappa shape index (κ2) is 10.7. The third kappa shape index (κ3) is 7.15. The first kappa shape index (κ1) is 21.7. The van der Waals surface area contributed by atoms with Crippen molar-refractivity contribution in [2.45, 2.75) is 32.7 Å². The van der Waals surface area contributed by atoms with Crippen LogP contribution in [0.25, 0.3) is 0 Å². The van der Waals surface area contributed by atoms with Gasteiger partial charge in [0.15, 0.2) is 5.96 Å². The van der Waals surface area contributed by atoms with Gasteiger partial charge >= 0.3 is 0 Å². The van der Waals surface area contributed by atoms with Crippen molar-refractivity contribution in [1.82, 2.24) is 20.3 Å². The second-order valence-corrected chi connectivity index (χ2v) is 8.80. The van der Waals surface area contributed by atoms with Gasteiger partial charge in [-0.3, -0.25) is 4.99 Å². The van der Waals surface area contributed by atoms with Crippen LogP contribution >= 0.6 is 11.6 Å². The van der Waals surface area contributed by atoms with Gasteiger partial charge in [-0.05, 0) is 38.8 Å². The monoisotopic (exact) mass is 416 g/mol. The average Bonchev–Trinajstić information content (AvgIpc) is 3.10. The Labute approximate surface area is 166 Å². The molecule has 0 radical (unpaired) electrons. The Morgan fingerprint density at radius 2 is 2.26 bits per heavy atom. The van der Waals surface area contributed by atoms with Crippen LogP contribution in [0.2, 0.25) is 5.02 Å². The van der Waals surface area contributed by atoms with Crippen LogP contribution in [0.3, 0.4) is 0 Å². The van der Waals surface area contributed by atoms with E-state index in [1.54, 1.807) is 13.1 Å². The fourth-order valence-corrected chi connectivity index (χ4v) is 3.69. The zero-order valence-corrected chi connectivity index (χ0v) is 17.5. The summed E-state index contributed by atoms with van der Waals surface area (Å²) in [5.74, 6) is 1.65. The number of aliphatic imine (C=N–C) groups is 1. The van der Waals surface area contributed by atoms with E-state index in [2.05, 4.69) is 30.2 Å². The molecular formula is C17H29ClN6O2S. The number of rotatable bonds is 9. The van der Waals surface area contributed by atoms with Crippen molar-refractivity contribution in [3.63, 3.8) is 0 Å². The van der Waals surface area contributed by atoms with Crippen molar-refractivity contribution in [3.05, 3.63) is 23.4 Å². The van der Waals surface area contributed by atoms with E-state index in [0.717, 1.165) is 37.8 Å². The van der Waals surface area contributed by atoms with Crippen LogP contribution in [0.1, 0.15) is 26.7 Å². The molecule has 1 aliphatic heterocycles. The number of guanidine groups is 1. The number of anilines is 1. The SMILES string of the molecule is CCNC(=NCCCNS(=O)(=O)CC)NC1CCN(c2ncccc2Cl)C1. The van der Waals surface area contributed by atoms with Crippen LogP contribution < -0.4 is 20.3 Å². The van der Waals surface area contributed by atoms with Gasteiger partial charge in [-0.2, -0.15) is 0 Å². The first-order chi connectivity index (χ1) is 12.9. The molecule has 1 aromatic heterocycles. The fraction of sp³-hybridized carbons (Fsp3) is 0.647. The Morgan fingerprint density at radius 1 is 1.44 bits per heavy atom. The summed E-state index contributed by atoms with van der Waals surface area (Å²) >= 11 is 6.24. The molecule has 152 valence electrons. The number of hydrogen-bond acceptors (Lipinski definition) is 5. The van der Waals surface area contributed by atoms with E-state index >= 15 is 0 Å². The number of hydrogen-bond donors (Lipinski definition) is 3. The normalized spacial score (nSPS) is 18.0. The highest BCUT2D eigenvalue weighted by Gasteiger charge is 2.25. The van der Waals surface area contributed by atoms with Crippen LogP contribution in [0.15, 0.2) is 23.3 Å². The quantitative estimate of drug-likeness (QED) is 0.318. The van der Waals surface area contributed by atoms with Crippen molar-refractivity contribution in [2.24, 2.45) is 4.99 Å². The van der Waals surface area contributed by atoms with Crippen LogP contribution in [0, 0.1) is 0 Å². The number of aromatic nitrogens is 1. The Hall–Kier alpha value is -1.58. The molecule has 1 saturated heterocycles. The standard InChI is InChI=1S/C17H29ClN6O2S/c1-3-19-17(21-10-6-11-22-27(25,26)4-2)23-14-8-12-24(13-14)16-15(18)7-5-9-20-16/h5,7,9,14,22H,3-4,6,8,10-13H2,1-2H3,(H2,19,21,23). The Bertz CT molecular complexity index is 728. The van der Waals surface area contributed by atoms with Gasteiger partial charge in [0.1, 0.15) is 5.82 Å².